The molecule has 0 fully saturated rings. The summed E-state index contributed by atoms with van der Waals surface area (Å²) in [5, 5.41) is 8.20. The Morgan fingerprint density at radius 2 is 1.87 bits per heavy atom. The lowest BCUT2D eigenvalue weighted by Gasteiger charge is -2.32. The average molecular weight is 416 g/mol. The number of methoxy groups -OCH3 is 2. The Bertz CT molecular complexity index is 1190. The summed E-state index contributed by atoms with van der Waals surface area (Å²) in [5.41, 5.74) is 4.57. The van der Waals surface area contributed by atoms with Crippen molar-refractivity contribution in [1.82, 2.24) is 14.8 Å². The lowest BCUT2D eigenvalue weighted by atomic mass is 9.85. The van der Waals surface area contributed by atoms with Crippen molar-refractivity contribution in [3.05, 3.63) is 64.9 Å². The lowest BCUT2D eigenvalue weighted by molar-refractivity contribution is -0.116. The molecule has 2 heterocycles. The molecule has 0 amide bonds. The fourth-order valence-electron chi connectivity index (χ4n) is 4.40. The second kappa shape index (κ2) is 7.58. The Labute approximate surface area is 180 Å². The Balaban J connectivity index is 1.71. The van der Waals surface area contributed by atoms with E-state index in [0.717, 1.165) is 35.2 Å². The number of ether oxygens (including phenoxy) is 2. The molecule has 2 aliphatic rings. The number of anilines is 1. The molecule has 7 heteroatoms. The topological polar surface area (TPSA) is 78.3 Å². The van der Waals surface area contributed by atoms with Gasteiger partial charge in [0.25, 0.3) is 0 Å². The van der Waals surface area contributed by atoms with E-state index in [-0.39, 0.29) is 5.78 Å². The Morgan fingerprint density at radius 1 is 1.06 bits per heavy atom. The van der Waals surface area contributed by atoms with Gasteiger partial charge >= 0.3 is 0 Å². The predicted molar refractivity (Wildman–Crippen MR) is 117 cm³/mol. The standard InChI is InChI=1S/C24H24N4O3/c1-14-10-12-15(13-11-14)23-26-24-25-17-7-5-8-18(29)20(17)21(28(24)27-23)16-6-4-9-19(30-2)22(16)31-3/h4,6,9-13,21H,5,7-8H2,1-3H3,(H,25,26,27). The summed E-state index contributed by atoms with van der Waals surface area (Å²) in [6.45, 7) is 2.05. The number of Topliss-reactive ketones (excluding diaryl/α,β-unsaturated/α-hetero) is 1. The highest BCUT2D eigenvalue weighted by Crippen LogP contribution is 2.45. The number of aromatic nitrogens is 3. The van der Waals surface area contributed by atoms with E-state index in [9.17, 15) is 4.79 Å². The highest BCUT2D eigenvalue weighted by atomic mass is 16.5. The maximum atomic E-state index is 13.1. The third-order valence-corrected chi connectivity index (χ3v) is 5.91. The minimum Gasteiger partial charge on any atom is -0.493 e. The summed E-state index contributed by atoms with van der Waals surface area (Å²) in [7, 11) is 3.22. The van der Waals surface area contributed by atoms with Crippen LogP contribution in [0.3, 0.4) is 0 Å². The summed E-state index contributed by atoms with van der Waals surface area (Å²) in [5.74, 6) is 2.58. The number of benzene rings is 2. The molecule has 5 rings (SSSR count). The largest absolute Gasteiger partial charge is 0.493 e. The SMILES string of the molecule is COc1cccc(C2C3=C(CCCC3=O)Nc3nc(-c4ccc(C)cc4)nn32)c1OC. The van der Waals surface area contributed by atoms with Crippen LogP contribution in [0.5, 0.6) is 11.5 Å². The van der Waals surface area contributed by atoms with E-state index >= 15 is 0 Å². The highest BCUT2D eigenvalue weighted by molar-refractivity contribution is 5.99. The van der Waals surface area contributed by atoms with Gasteiger partial charge in [-0.25, -0.2) is 4.68 Å². The van der Waals surface area contributed by atoms with Gasteiger partial charge in [-0.3, -0.25) is 4.79 Å². The van der Waals surface area contributed by atoms with E-state index in [4.69, 9.17) is 19.6 Å². The van der Waals surface area contributed by atoms with Gasteiger partial charge in [0.1, 0.15) is 6.04 Å². The number of hydrogen-bond acceptors (Lipinski definition) is 6. The van der Waals surface area contributed by atoms with Gasteiger partial charge < -0.3 is 14.8 Å². The van der Waals surface area contributed by atoms with Crippen LogP contribution in [0.2, 0.25) is 0 Å². The number of carbonyl (C=O) groups is 1. The van der Waals surface area contributed by atoms with E-state index in [1.165, 1.54) is 5.56 Å². The summed E-state index contributed by atoms with van der Waals surface area (Å²) < 4.78 is 13.0. The first-order chi connectivity index (χ1) is 15.1. The molecular weight excluding hydrogens is 392 g/mol. The number of rotatable bonds is 4. The summed E-state index contributed by atoms with van der Waals surface area (Å²) >= 11 is 0. The van der Waals surface area contributed by atoms with Crippen LogP contribution >= 0.6 is 0 Å². The molecule has 0 saturated carbocycles. The number of nitrogens with one attached hydrogen (secondary N) is 1. The zero-order valence-corrected chi connectivity index (χ0v) is 17.8. The van der Waals surface area contributed by atoms with Crippen LogP contribution in [0.4, 0.5) is 5.95 Å². The Kier molecular flexibility index (Phi) is 4.73. The number of allylic oxidation sites excluding steroid dienone is 2. The van der Waals surface area contributed by atoms with Gasteiger partial charge in [0.2, 0.25) is 5.95 Å². The molecule has 1 atom stereocenters. The number of fused-ring (bicyclic) bond motifs is 1. The van der Waals surface area contributed by atoms with Crippen molar-refractivity contribution >= 4 is 11.7 Å². The number of aryl methyl sites for hydroxylation is 1. The minimum atomic E-state index is -0.434. The van der Waals surface area contributed by atoms with Gasteiger partial charge in [0.15, 0.2) is 23.1 Å². The van der Waals surface area contributed by atoms with Gasteiger partial charge in [0, 0.05) is 28.8 Å². The molecule has 7 nitrogen and oxygen atoms in total. The van der Waals surface area contributed by atoms with Crippen LogP contribution in [0, 0.1) is 6.92 Å². The lowest BCUT2D eigenvalue weighted by Crippen LogP contribution is -2.31. The smallest absolute Gasteiger partial charge is 0.226 e. The minimum absolute atomic E-state index is 0.127. The fourth-order valence-corrected chi connectivity index (χ4v) is 4.40. The van der Waals surface area contributed by atoms with Crippen LogP contribution in [-0.2, 0) is 4.79 Å². The summed E-state index contributed by atoms with van der Waals surface area (Å²) in [6, 6.07) is 13.4. The molecule has 2 aromatic carbocycles. The molecule has 1 N–H and O–H groups in total. The van der Waals surface area contributed by atoms with Crippen molar-refractivity contribution in [2.75, 3.05) is 19.5 Å². The first kappa shape index (κ1) is 19.4. The zero-order chi connectivity index (χ0) is 21.5. The second-order valence-corrected chi connectivity index (χ2v) is 7.85. The maximum absolute atomic E-state index is 13.1. The zero-order valence-electron chi connectivity index (χ0n) is 17.8. The number of nitrogens with zero attached hydrogens (tertiary/aromatic N) is 3. The molecule has 3 aromatic rings. The predicted octanol–water partition coefficient (Wildman–Crippen LogP) is 4.29. The van der Waals surface area contributed by atoms with Crippen molar-refractivity contribution in [2.45, 2.75) is 32.2 Å². The molecule has 1 aliphatic heterocycles. The molecule has 0 spiro atoms. The first-order valence-corrected chi connectivity index (χ1v) is 10.4. The van der Waals surface area contributed by atoms with E-state index in [1.807, 2.05) is 49.4 Å². The Hall–Kier alpha value is -3.61. The maximum Gasteiger partial charge on any atom is 0.226 e. The number of hydrogen-bond donors (Lipinski definition) is 1. The fraction of sp³-hybridized carbons (Fsp3) is 0.292. The monoisotopic (exact) mass is 416 g/mol. The van der Waals surface area contributed by atoms with Gasteiger partial charge in [-0.1, -0.05) is 42.0 Å². The molecule has 1 aliphatic carbocycles. The molecule has 0 saturated heterocycles. The van der Waals surface area contributed by atoms with Crippen LogP contribution in [0.15, 0.2) is 53.7 Å². The molecule has 0 bridgehead atoms. The molecular formula is C24H24N4O3. The van der Waals surface area contributed by atoms with E-state index in [0.29, 0.717) is 29.7 Å². The van der Waals surface area contributed by atoms with Crippen LogP contribution < -0.4 is 14.8 Å². The van der Waals surface area contributed by atoms with Gasteiger partial charge in [-0.15, -0.1) is 5.10 Å². The number of para-hydroxylation sites is 1. The second-order valence-electron chi connectivity index (χ2n) is 7.85. The highest BCUT2D eigenvalue weighted by Gasteiger charge is 2.38. The van der Waals surface area contributed by atoms with E-state index in [1.54, 1.807) is 18.9 Å². The quantitative estimate of drug-likeness (QED) is 0.684. The average Bonchev–Trinajstić information content (AvgIpc) is 3.21. The van der Waals surface area contributed by atoms with Crippen molar-refractivity contribution in [1.29, 1.82) is 0 Å². The van der Waals surface area contributed by atoms with Crippen LogP contribution in [0.25, 0.3) is 11.4 Å². The third-order valence-electron chi connectivity index (χ3n) is 5.91. The molecule has 0 radical (unpaired) electrons. The molecule has 1 unspecified atom stereocenters. The van der Waals surface area contributed by atoms with Crippen molar-refractivity contribution in [3.63, 3.8) is 0 Å². The first-order valence-electron chi connectivity index (χ1n) is 10.4. The molecule has 31 heavy (non-hydrogen) atoms. The van der Waals surface area contributed by atoms with Crippen LogP contribution in [-0.4, -0.2) is 34.8 Å². The Morgan fingerprint density at radius 3 is 2.61 bits per heavy atom. The van der Waals surface area contributed by atoms with Gasteiger partial charge in [-0.05, 0) is 25.8 Å². The third kappa shape index (κ3) is 3.17. The molecule has 1 aromatic heterocycles. The van der Waals surface area contributed by atoms with Crippen molar-refractivity contribution in [3.8, 4) is 22.9 Å². The molecule has 158 valence electrons. The normalized spacial score (nSPS) is 17.6. The van der Waals surface area contributed by atoms with Crippen molar-refractivity contribution in [2.24, 2.45) is 0 Å². The summed E-state index contributed by atoms with van der Waals surface area (Å²) in [6.07, 6.45) is 2.15. The number of carbonyl (C=O) groups excluding carboxylic acids is 1. The van der Waals surface area contributed by atoms with Gasteiger partial charge in [0.05, 0.1) is 14.2 Å². The number of ketones is 1. The summed E-state index contributed by atoms with van der Waals surface area (Å²) in [4.78, 5) is 17.8. The van der Waals surface area contributed by atoms with Crippen LogP contribution in [0.1, 0.15) is 36.4 Å². The van der Waals surface area contributed by atoms with E-state index < -0.39 is 6.04 Å². The van der Waals surface area contributed by atoms with E-state index in [2.05, 4.69) is 5.32 Å². The van der Waals surface area contributed by atoms with Crippen molar-refractivity contribution < 1.29 is 14.3 Å². The van der Waals surface area contributed by atoms with Gasteiger partial charge in [-0.2, -0.15) is 4.98 Å².